The van der Waals surface area contributed by atoms with Crippen molar-refractivity contribution in [2.24, 2.45) is 0 Å². The van der Waals surface area contributed by atoms with Crippen molar-refractivity contribution in [1.29, 1.82) is 10.5 Å². The van der Waals surface area contributed by atoms with Gasteiger partial charge in [-0.2, -0.15) is 10.5 Å². The van der Waals surface area contributed by atoms with Crippen molar-refractivity contribution >= 4 is 10.9 Å². The molecule has 0 radical (unpaired) electrons. The first-order chi connectivity index (χ1) is 6.33. The first kappa shape index (κ1) is 7.39. The van der Waals surface area contributed by atoms with Crippen LogP contribution >= 0.6 is 0 Å². The molecular weight excluding hydrogens is 162 g/mol. The Balaban J connectivity index is 2.74. The summed E-state index contributed by atoms with van der Waals surface area (Å²) in [6, 6.07) is 11.1. The van der Waals surface area contributed by atoms with E-state index < -0.39 is 0 Å². The third-order valence-electron chi connectivity index (χ3n) is 1.87. The zero-order chi connectivity index (χ0) is 9.26. The van der Waals surface area contributed by atoms with Crippen LogP contribution < -0.4 is 0 Å². The molecule has 0 aliphatic carbocycles. The van der Waals surface area contributed by atoms with E-state index in [-0.39, 0.29) is 0 Å². The molecule has 0 amide bonds. The number of hydrogen-bond acceptors (Lipinski definition) is 2. The molecule has 1 aromatic heterocycles. The van der Waals surface area contributed by atoms with E-state index in [2.05, 4.69) is 4.98 Å². The molecule has 0 saturated heterocycles. The van der Waals surface area contributed by atoms with Gasteiger partial charge in [-0.25, -0.2) is 0 Å². The predicted octanol–water partition coefficient (Wildman–Crippen LogP) is 1.91. The Morgan fingerprint density at radius 3 is 2.62 bits per heavy atom. The molecule has 0 unspecified atom stereocenters. The molecular formula is C10H5N3. The van der Waals surface area contributed by atoms with Crippen molar-refractivity contribution in [3.63, 3.8) is 0 Å². The van der Waals surface area contributed by atoms with Crippen LogP contribution in [0.25, 0.3) is 10.9 Å². The fourth-order valence-corrected chi connectivity index (χ4v) is 1.26. The maximum atomic E-state index is 8.64. The summed E-state index contributed by atoms with van der Waals surface area (Å²) >= 11 is 0. The molecule has 0 atom stereocenters. The topological polar surface area (TPSA) is 63.4 Å². The lowest BCUT2D eigenvalue weighted by Gasteiger charge is -1.88. The fourth-order valence-electron chi connectivity index (χ4n) is 1.26. The van der Waals surface area contributed by atoms with Crippen LogP contribution in [0.2, 0.25) is 0 Å². The van der Waals surface area contributed by atoms with Gasteiger partial charge in [0.2, 0.25) is 0 Å². The van der Waals surface area contributed by atoms with Crippen LogP contribution in [-0.4, -0.2) is 4.98 Å². The minimum absolute atomic E-state index is 0.519. The molecule has 1 heterocycles. The highest BCUT2D eigenvalue weighted by atomic mass is 14.7. The van der Waals surface area contributed by atoms with Crippen molar-refractivity contribution in [2.45, 2.75) is 0 Å². The lowest BCUT2D eigenvalue weighted by Crippen LogP contribution is -1.72. The number of fused-ring (bicyclic) bond motifs is 1. The number of hydrogen-bond donors (Lipinski definition) is 1. The minimum Gasteiger partial charge on any atom is -0.346 e. The number of benzene rings is 1. The van der Waals surface area contributed by atoms with E-state index in [9.17, 15) is 0 Å². The highest BCUT2D eigenvalue weighted by molar-refractivity contribution is 5.82. The standard InChI is InChI=1S/C10H5N3/c11-5-7-1-2-10-8(3-7)4-9(6-12)13-10/h1-4,13H. The number of nitrogens with zero attached hydrogens (tertiary/aromatic N) is 2. The molecule has 1 N–H and O–H groups in total. The molecule has 1 aromatic carbocycles. The van der Waals surface area contributed by atoms with Gasteiger partial charge in [-0.1, -0.05) is 0 Å². The Kier molecular flexibility index (Phi) is 1.51. The molecule has 2 rings (SSSR count). The molecule has 0 bridgehead atoms. The second kappa shape index (κ2) is 2.66. The molecule has 0 saturated carbocycles. The van der Waals surface area contributed by atoms with Crippen molar-refractivity contribution in [1.82, 2.24) is 4.98 Å². The molecule has 0 aliphatic rings. The molecule has 13 heavy (non-hydrogen) atoms. The first-order valence-electron chi connectivity index (χ1n) is 3.76. The van der Waals surface area contributed by atoms with Gasteiger partial charge < -0.3 is 4.98 Å². The number of aromatic nitrogens is 1. The van der Waals surface area contributed by atoms with Crippen molar-refractivity contribution in [3.8, 4) is 12.1 Å². The van der Waals surface area contributed by atoms with Gasteiger partial charge in [-0.15, -0.1) is 0 Å². The quantitative estimate of drug-likeness (QED) is 0.651. The monoisotopic (exact) mass is 167 g/mol. The summed E-state index contributed by atoms with van der Waals surface area (Å²) in [6.07, 6.45) is 0. The maximum absolute atomic E-state index is 8.64. The molecule has 3 nitrogen and oxygen atoms in total. The van der Waals surface area contributed by atoms with E-state index in [1.807, 2.05) is 12.1 Å². The van der Waals surface area contributed by atoms with Gasteiger partial charge in [0.25, 0.3) is 0 Å². The lowest BCUT2D eigenvalue weighted by atomic mass is 10.2. The van der Waals surface area contributed by atoms with Crippen LogP contribution in [0.1, 0.15) is 11.3 Å². The van der Waals surface area contributed by atoms with E-state index in [0.717, 1.165) is 10.9 Å². The van der Waals surface area contributed by atoms with Crippen molar-refractivity contribution in [3.05, 3.63) is 35.5 Å². The van der Waals surface area contributed by atoms with Crippen LogP contribution in [0.5, 0.6) is 0 Å². The van der Waals surface area contributed by atoms with E-state index in [1.165, 1.54) is 0 Å². The van der Waals surface area contributed by atoms with Gasteiger partial charge in [-0.3, -0.25) is 0 Å². The van der Waals surface area contributed by atoms with Gasteiger partial charge in [0.1, 0.15) is 11.8 Å². The third-order valence-corrected chi connectivity index (χ3v) is 1.87. The zero-order valence-corrected chi connectivity index (χ0v) is 6.70. The summed E-state index contributed by atoms with van der Waals surface area (Å²) in [6.45, 7) is 0. The Labute approximate surface area is 74.8 Å². The second-order valence-electron chi connectivity index (χ2n) is 2.71. The molecule has 60 valence electrons. The van der Waals surface area contributed by atoms with E-state index in [4.69, 9.17) is 10.5 Å². The average Bonchev–Trinajstić information content (AvgIpc) is 2.58. The highest BCUT2D eigenvalue weighted by Crippen LogP contribution is 2.16. The minimum atomic E-state index is 0.519. The lowest BCUT2D eigenvalue weighted by molar-refractivity contribution is 1.37. The van der Waals surface area contributed by atoms with E-state index in [1.54, 1.807) is 24.3 Å². The number of nitrogens with one attached hydrogen (secondary N) is 1. The van der Waals surface area contributed by atoms with Crippen molar-refractivity contribution < 1.29 is 0 Å². The molecule has 2 aromatic rings. The van der Waals surface area contributed by atoms with Gasteiger partial charge in [0.15, 0.2) is 0 Å². The zero-order valence-electron chi connectivity index (χ0n) is 6.70. The van der Waals surface area contributed by atoms with Crippen LogP contribution in [0.4, 0.5) is 0 Å². The summed E-state index contributed by atoms with van der Waals surface area (Å²) in [5.74, 6) is 0. The van der Waals surface area contributed by atoms with Gasteiger partial charge in [0.05, 0.1) is 11.6 Å². The Bertz CT molecular complexity index is 525. The summed E-state index contributed by atoms with van der Waals surface area (Å²) in [5, 5.41) is 18.2. The number of nitriles is 2. The number of H-pyrrole nitrogens is 1. The summed E-state index contributed by atoms with van der Waals surface area (Å²) in [5.41, 5.74) is 2.01. The molecule has 0 spiro atoms. The SMILES string of the molecule is N#Cc1ccc2[nH]c(C#N)cc2c1. The Hall–Kier alpha value is -2.26. The van der Waals surface area contributed by atoms with E-state index >= 15 is 0 Å². The Morgan fingerprint density at radius 2 is 1.92 bits per heavy atom. The fraction of sp³-hybridized carbons (Fsp3) is 0. The van der Waals surface area contributed by atoms with Crippen LogP contribution in [0, 0.1) is 22.7 Å². The van der Waals surface area contributed by atoms with Gasteiger partial charge >= 0.3 is 0 Å². The maximum Gasteiger partial charge on any atom is 0.118 e. The normalized spacial score (nSPS) is 9.38. The Morgan fingerprint density at radius 1 is 1.08 bits per heavy atom. The summed E-state index contributed by atoms with van der Waals surface area (Å²) in [4.78, 5) is 2.93. The molecule has 0 fully saturated rings. The van der Waals surface area contributed by atoms with Crippen LogP contribution in [0.3, 0.4) is 0 Å². The largest absolute Gasteiger partial charge is 0.346 e. The van der Waals surface area contributed by atoms with Crippen molar-refractivity contribution in [2.75, 3.05) is 0 Å². The molecule has 0 aliphatic heterocycles. The van der Waals surface area contributed by atoms with E-state index in [0.29, 0.717) is 11.3 Å². The third kappa shape index (κ3) is 1.13. The van der Waals surface area contributed by atoms with Crippen LogP contribution in [-0.2, 0) is 0 Å². The first-order valence-corrected chi connectivity index (χ1v) is 3.76. The smallest absolute Gasteiger partial charge is 0.118 e. The van der Waals surface area contributed by atoms with Gasteiger partial charge in [0, 0.05) is 10.9 Å². The highest BCUT2D eigenvalue weighted by Gasteiger charge is 1.99. The predicted molar refractivity (Wildman–Crippen MR) is 47.7 cm³/mol. The van der Waals surface area contributed by atoms with Gasteiger partial charge in [-0.05, 0) is 24.3 Å². The number of rotatable bonds is 0. The summed E-state index contributed by atoms with van der Waals surface area (Å²) in [7, 11) is 0. The second-order valence-corrected chi connectivity index (χ2v) is 2.71. The average molecular weight is 167 g/mol. The molecule has 3 heteroatoms. The summed E-state index contributed by atoms with van der Waals surface area (Å²) < 4.78 is 0. The van der Waals surface area contributed by atoms with Crippen LogP contribution in [0.15, 0.2) is 24.3 Å². The number of aromatic amines is 1.